The van der Waals surface area contributed by atoms with Crippen molar-refractivity contribution < 1.29 is 4.74 Å². The molecular formula is C24H46O. The predicted octanol–water partition coefficient (Wildman–Crippen LogP) is 7.20. The minimum absolute atomic E-state index is 0.841. The van der Waals surface area contributed by atoms with E-state index in [1.54, 1.807) is 0 Å². The van der Waals surface area contributed by atoms with Crippen LogP contribution in [0.4, 0.5) is 0 Å². The first-order valence-corrected chi connectivity index (χ1v) is 11.5. The summed E-state index contributed by atoms with van der Waals surface area (Å²) in [6, 6.07) is 0. The molecule has 1 heteroatoms. The lowest BCUT2D eigenvalue weighted by Crippen LogP contribution is -2.29. The number of hydrogen-bond donors (Lipinski definition) is 0. The Morgan fingerprint density at radius 1 is 0.680 bits per heavy atom. The maximum absolute atomic E-state index is 6.17. The zero-order chi connectivity index (χ0) is 18.4. The molecule has 25 heavy (non-hydrogen) atoms. The van der Waals surface area contributed by atoms with Gasteiger partial charge in [0.25, 0.3) is 0 Å². The zero-order valence-corrected chi connectivity index (χ0v) is 18.1. The summed E-state index contributed by atoms with van der Waals surface area (Å²) in [5.41, 5.74) is 0. The van der Waals surface area contributed by atoms with Crippen LogP contribution in [0.15, 0.2) is 0 Å². The van der Waals surface area contributed by atoms with Gasteiger partial charge in [0.1, 0.15) is 0 Å². The highest BCUT2D eigenvalue weighted by Crippen LogP contribution is 2.41. The normalized spacial score (nSPS) is 37.0. The van der Waals surface area contributed by atoms with Gasteiger partial charge in [-0.25, -0.2) is 0 Å². The fourth-order valence-corrected chi connectivity index (χ4v) is 6.03. The van der Waals surface area contributed by atoms with Gasteiger partial charge in [0, 0.05) is 13.2 Å². The topological polar surface area (TPSA) is 9.23 Å². The fraction of sp³-hybridized carbons (Fsp3) is 1.00. The summed E-state index contributed by atoms with van der Waals surface area (Å²) in [5.74, 6) is 7.21. The Labute approximate surface area is 158 Å². The molecule has 1 nitrogen and oxygen atoms in total. The molecule has 148 valence electrons. The molecule has 0 amide bonds. The molecule has 0 bridgehead atoms. The van der Waals surface area contributed by atoms with Crippen molar-refractivity contribution in [3.63, 3.8) is 0 Å². The smallest absolute Gasteiger partial charge is 0.0468 e. The van der Waals surface area contributed by atoms with Crippen LogP contribution in [0.2, 0.25) is 0 Å². The fourth-order valence-electron chi connectivity index (χ4n) is 6.03. The van der Waals surface area contributed by atoms with Crippen LogP contribution in [0.25, 0.3) is 0 Å². The Balaban J connectivity index is 1.69. The Morgan fingerprint density at radius 3 is 1.44 bits per heavy atom. The summed E-state index contributed by atoms with van der Waals surface area (Å²) in [5, 5.41) is 0. The standard InChI is InChI=1S/C24H46O/c1-17(2)23-9-7-19(5)15-21(23)11-13-25-14-12-22-16-20(6)8-10-24(22)18(3)4/h17-24H,7-16H2,1-6H3. The number of ether oxygens (including phenoxy) is 1. The van der Waals surface area contributed by atoms with Crippen molar-refractivity contribution in [1.29, 1.82) is 0 Å². The van der Waals surface area contributed by atoms with Gasteiger partial charge in [0.2, 0.25) is 0 Å². The maximum Gasteiger partial charge on any atom is 0.0468 e. The summed E-state index contributed by atoms with van der Waals surface area (Å²) in [6.07, 6.45) is 11.2. The predicted molar refractivity (Wildman–Crippen MR) is 110 cm³/mol. The van der Waals surface area contributed by atoms with Gasteiger partial charge in [0.15, 0.2) is 0 Å². The van der Waals surface area contributed by atoms with E-state index in [1.165, 1.54) is 51.4 Å². The molecule has 2 fully saturated rings. The molecule has 0 N–H and O–H groups in total. The Bertz CT molecular complexity index is 327. The molecule has 0 heterocycles. The first-order valence-electron chi connectivity index (χ1n) is 11.5. The van der Waals surface area contributed by atoms with E-state index in [-0.39, 0.29) is 0 Å². The van der Waals surface area contributed by atoms with Crippen molar-refractivity contribution in [2.24, 2.45) is 47.3 Å². The maximum atomic E-state index is 6.17. The summed E-state index contributed by atoms with van der Waals surface area (Å²) in [4.78, 5) is 0. The molecule has 6 atom stereocenters. The van der Waals surface area contributed by atoms with Gasteiger partial charge in [-0.05, 0) is 85.9 Å². The van der Waals surface area contributed by atoms with E-state index in [4.69, 9.17) is 4.74 Å². The van der Waals surface area contributed by atoms with Crippen molar-refractivity contribution in [3.05, 3.63) is 0 Å². The highest BCUT2D eigenvalue weighted by molar-refractivity contribution is 4.82. The third-order valence-corrected chi connectivity index (χ3v) is 7.59. The number of rotatable bonds is 8. The van der Waals surface area contributed by atoms with E-state index >= 15 is 0 Å². The summed E-state index contributed by atoms with van der Waals surface area (Å²) in [6.45, 7) is 16.6. The molecule has 0 radical (unpaired) electrons. The van der Waals surface area contributed by atoms with Gasteiger partial charge in [-0.3, -0.25) is 0 Å². The average molecular weight is 351 g/mol. The molecule has 2 saturated carbocycles. The second-order valence-corrected chi connectivity index (χ2v) is 10.4. The minimum Gasteiger partial charge on any atom is -0.381 e. The van der Waals surface area contributed by atoms with E-state index in [9.17, 15) is 0 Å². The van der Waals surface area contributed by atoms with Crippen molar-refractivity contribution in [1.82, 2.24) is 0 Å². The molecule has 2 aliphatic carbocycles. The van der Waals surface area contributed by atoms with Crippen molar-refractivity contribution >= 4 is 0 Å². The van der Waals surface area contributed by atoms with Crippen LogP contribution in [0.5, 0.6) is 0 Å². The lowest BCUT2D eigenvalue weighted by atomic mass is 9.69. The molecule has 0 aromatic heterocycles. The monoisotopic (exact) mass is 350 g/mol. The lowest BCUT2D eigenvalue weighted by molar-refractivity contribution is 0.0522. The van der Waals surface area contributed by atoms with E-state index in [1.807, 2.05) is 0 Å². The molecule has 2 rings (SSSR count). The van der Waals surface area contributed by atoms with E-state index < -0.39 is 0 Å². The Kier molecular flexibility index (Phi) is 8.79. The average Bonchev–Trinajstić information content (AvgIpc) is 2.54. The molecule has 6 unspecified atom stereocenters. The van der Waals surface area contributed by atoms with Crippen LogP contribution in [-0.4, -0.2) is 13.2 Å². The molecular weight excluding hydrogens is 304 g/mol. The van der Waals surface area contributed by atoms with Crippen LogP contribution >= 0.6 is 0 Å². The van der Waals surface area contributed by atoms with Crippen molar-refractivity contribution in [2.45, 2.75) is 92.9 Å². The third kappa shape index (κ3) is 6.56. The van der Waals surface area contributed by atoms with Gasteiger partial charge in [-0.15, -0.1) is 0 Å². The van der Waals surface area contributed by atoms with Crippen molar-refractivity contribution in [2.75, 3.05) is 13.2 Å². The van der Waals surface area contributed by atoms with Gasteiger partial charge in [-0.2, -0.15) is 0 Å². The Hall–Kier alpha value is -0.0400. The summed E-state index contributed by atoms with van der Waals surface area (Å²) in [7, 11) is 0. The number of hydrogen-bond acceptors (Lipinski definition) is 1. The zero-order valence-electron chi connectivity index (χ0n) is 18.1. The van der Waals surface area contributed by atoms with Crippen LogP contribution in [0, 0.1) is 47.3 Å². The third-order valence-electron chi connectivity index (χ3n) is 7.59. The van der Waals surface area contributed by atoms with Crippen LogP contribution < -0.4 is 0 Å². The first-order chi connectivity index (χ1) is 11.9. The largest absolute Gasteiger partial charge is 0.381 e. The molecule has 2 aliphatic rings. The minimum atomic E-state index is 0.841. The second kappa shape index (κ2) is 10.3. The van der Waals surface area contributed by atoms with Gasteiger partial charge in [0.05, 0.1) is 0 Å². The first kappa shape index (κ1) is 21.3. The van der Waals surface area contributed by atoms with Crippen LogP contribution in [-0.2, 0) is 4.74 Å². The quantitative estimate of drug-likeness (QED) is 0.420. The molecule has 0 aromatic rings. The summed E-state index contributed by atoms with van der Waals surface area (Å²) >= 11 is 0. The van der Waals surface area contributed by atoms with E-state index in [0.29, 0.717) is 0 Å². The Morgan fingerprint density at radius 2 is 1.08 bits per heavy atom. The molecule has 0 aromatic carbocycles. The SMILES string of the molecule is CC1CCC(C(C)C)C(CCOCCC2CC(C)CCC2C(C)C)C1. The lowest BCUT2D eigenvalue weighted by Gasteiger charge is -2.38. The van der Waals surface area contributed by atoms with Gasteiger partial charge >= 0.3 is 0 Å². The molecule has 0 spiro atoms. The molecule has 0 aliphatic heterocycles. The summed E-state index contributed by atoms with van der Waals surface area (Å²) < 4.78 is 6.17. The van der Waals surface area contributed by atoms with Crippen LogP contribution in [0.1, 0.15) is 92.9 Å². The highest BCUT2D eigenvalue weighted by atomic mass is 16.5. The highest BCUT2D eigenvalue weighted by Gasteiger charge is 2.31. The second-order valence-electron chi connectivity index (χ2n) is 10.4. The van der Waals surface area contributed by atoms with Gasteiger partial charge in [-0.1, -0.05) is 54.4 Å². The van der Waals surface area contributed by atoms with E-state index in [0.717, 1.165) is 60.6 Å². The van der Waals surface area contributed by atoms with Crippen molar-refractivity contribution in [3.8, 4) is 0 Å². The van der Waals surface area contributed by atoms with Gasteiger partial charge < -0.3 is 4.74 Å². The molecule has 0 saturated heterocycles. The van der Waals surface area contributed by atoms with Crippen LogP contribution in [0.3, 0.4) is 0 Å². The van der Waals surface area contributed by atoms with E-state index in [2.05, 4.69) is 41.5 Å².